The molecule has 0 saturated heterocycles. The molecule has 0 spiro atoms. The fourth-order valence-corrected chi connectivity index (χ4v) is 3.04. The predicted molar refractivity (Wildman–Crippen MR) is 72.0 cm³/mol. The van der Waals surface area contributed by atoms with Crippen LogP contribution in [0.1, 0.15) is 25.5 Å². The first kappa shape index (κ1) is 13.6. The number of carbonyl (C=O) groups is 1. The molecule has 2 rings (SSSR count). The molecule has 1 heterocycles. The second kappa shape index (κ2) is 5.43. The van der Waals surface area contributed by atoms with E-state index >= 15 is 0 Å². The van der Waals surface area contributed by atoms with Gasteiger partial charge in [0.2, 0.25) is 0 Å². The van der Waals surface area contributed by atoms with Gasteiger partial charge in [-0.2, -0.15) is 0 Å². The first-order valence-corrected chi connectivity index (χ1v) is 7.73. The van der Waals surface area contributed by atoms with Crippen LogP contribution >= 0.6 is 19.9 Å². The maximum absolute atomic E-state index is 12.1. The fourth-order valence-electron chi connectivity index (χ4n) is 1.73. The number of ether oxygens (including phenoxy) is 1. The molecule has 1 aromatic rings. The minimum Gasteiger partial charge on any atom is -0.462 e. The molecule has 4 nitrogen and oxygen atoms in total. The van der Waals surface area contributed by atoms with Gasteiger partial charge in [0.1, 0.15) is 11.8 Å². The Balaban J connectivity index is 2.32. The van der Waals surface area contributed by atoms with Crippen LogP contribution in [0.4, 0.5) is 0 Å². The molecule has 0 radical (unpaired) electrons. The zero-order valence-corrected chi connectivity index (χ0v) is 12.1. The van der Waals surface area contributed by atoms with Crippen LogP contribution in [0, 0.1) is 0 Å². The minimum atomic E-state index is -0.879. The second-order valence-corrected chi connectivity index (χ2v) is 6.19. The van der Waals surface area contributed by atoms with E-state index in [1.165, 1.54) is 0 Å². The Bertz CT molecular complexity index is 467. The van der Waals surface area contributed by atoms with Crippen molar-refractivity contribution in [3.8, 4) is 5.75 Å². The van der Waals surface area contributed by atoms with E-state index in [1.807, 2.05) is 20.5 Å². The number of hydrogen-bond donors (Lipinski definition) is 1. The van der Waals surface area contributed by atoms with E-state index in [9.17, 15) is 4.79 Å². The molecular weight excluding hydrogens is 273 g/mol. The van der Waals surface area contributed by atoms with Crippen molar-refractivity contribution in [3.63, 3.8) is 0 Å². The van der Waals surface area contributed by atoms with Crippen LogP contribution < -0.4 is 9.61 Å². The smallest absolute Gasteiger partial charge is 0.328 e. The Morgan fingerprint density at radius 3 is 2.94 bits per heavy atom. The topological polar surface area (TPSA) is 47.6 Å². The van der Waals surface area contributed by atoms with Gasteiger partial charge in [-0.05, 0) is 32.0 Å². The standard InChI is InChI=1S/C12H15ClNO3P/c1-7(2)16-12(15)11-9-6-8(13)4-5-10(9)17-18(3)14-11/h4-7,11,14H,1-3H3. The lowest BCUT2D eigenvalue weighted by atomic mass is 10.1. The van der Waals surface area contributed by atoms with Crippen LogP contribution in [-0.4, -0.2) is 18.7 Å². The molecule has 1 aromatic carbocycles. The summed E-state index contributed by atoms with van der Waals surface area (Å²) in [5.41, 5.74) is 0.730. The summed E-state index contributed by atoms with van der Waals surface area (Å²) in [6, 6.07) is 4.76. The van der Waals surface area contributed by atoms with Gasteiger partial charge in [-0.15, -0.1) is 0 Å². The van der Waals surface area contributed by atoms with Crippen LogP contribution in [0.3, 0.4) is 0 Å². The van der Waals surface area contributed by atoms with E-state index < -0.39 is 14.3 Å². The van der Waals surface area contributed by atoms with Crippen LogP contribution in [0.5, 0.6) is 5.75 Å². The second-order valence-electron chi connectivity index (χ2n) is 4.32. The van der Waals surface area contributed by atoms with Gasteiger partial charge in [-0.25, -0.2) is 9.88 Å². The monoisotopic (exact) mass is 287 g/mol. The molecule has 1 aliphatic heterocycles. The average Bonchev–Trinajstić information content (AvgIpc) is 2.27. The van der Waals surface area contributed by atoms with Gasteiger partial charge in [0.15, 0.2) is 8.30 Å². The summed E-state index contributed by atoms with van der Waals surface area (Å²) in [4.78, 5) is 12.1. The highest BCUT2D eigenvalue weighted by Gasteiger charge is 2.32. The van der Waals surface area contributed by atoms with Crippen LogP contribution in [0.15, 0.2) is 18.2 Å². The van der Waals surface area contributed by atoms with Gasteiger partial charge in [0, 0.05) is 17.3 Å². The van der Waals surface area contributed by atoms with E-state index in [0.717, 1.165) is 5.56 Å². The summed E-state index contributed by atoms with van der Waals surface area (Å²) >= 11 is 5.96. The molecule has 98 valence electrons. The third-order valence-corrected chi connectivity index (χ3v) is 3.74. The third-order valence-electron chi connectivity index (χ3n) is 2.42. The van der Waals surface area contributed by atoms with Crippen molar-refractivity contribution in [2.24, 2.45) is 0 Å². The molecule has 6 heteroatoms. The lowest BCUT2D eigenvalue weighted by Crippen LogP contribution is -2.32. The molecule has 0 bridgehead atoms. The highest BCUT2D eigenvalue weighted by atomic mass is 35.5. The fraction of sp³-hybridized carbons (Fsp3) is 0.417. The normalized spacial score (nSPS) is 22.3. The number of nitrogens with one attached hydrogen (secondary N) is 1. The van der Waals surface area contributed by atoms with Crippen LogP contribution in [0.2, 0.25) is 5.02 Å². The van der Waals surface area contributed by atoms with E-state index in [2.05, 4.69) is 5.09 Å². The molecule has 0 fully saturated rings. The zero-order chi connectivity index (χ0) is 13.3. The maximum atomic E-state index is 12.1. The van der Waals surface area contributed by atoms with Crippen molar-refractivity contribution >= 4 is 25.9 Å². The van der Waals surface area contributed by atoms with Gasteiger partial charge in [0.25, 0.3) is 0 Å². The molecule has 2 atom stereocenters. The number of carbonyl (C=O) groups excluding carboxylic acids is 1. The van der Waals surface area contributed by atoms with Gasteiger partial charge >= 0.3 is 5.97 Å². The van der Waals surface area contributed by atoms with Crippen molar-refractivity contribution in [1.82, 2.24) is 5.09 Å². The zero-order valence-electron chi connectivity index (χ0n) is 10.4. The van der Waals surface area contributed by atoms with Crippen molar-refractivity contribution in [2.75, 3.05) is 6.66 Å². The first-order valence-electron chi connectivity index (χ1n) is 5.65. The van der Waals surface area contributed by atoms with E-state index in [4.69, 9.17) is 20.9 Å². The molecule has 0 amide bonds. The lowest BCUT2D eigenvalue weighted by molar-refractivity contribution is -0.149. The van der Waals surface area contributed by atoms with Crippen molar-refractivity contribution in [2.45, 2.75) is 26.0 Å². The Morgan fingerprint density at radius 2 is 2.28 bits per heavy atom. The summed E-state index contributed by atoms with van der Waals surface area (Å²) in [5.74, 6) is 0.392. The summed E-state index contributed by atoms with van der Waals surface area (Å²) in [6.45, 7) is 5.55. The number of esters is 1. The molecule has 0 aliphatic carbocycles. The molecular formula is C12H15ClNO3P. The summed E-state index contributed by atoms with van der Waals surface area (Å²) < 4.78 is 10.9. The summed E-state index contributed by atoms with van der Waals surface area (Å²) in [5, 5.41) is 3.69. The average molecular weight is 288 g/mol. The summed E-state index contributed by atoms with van der Waals surface area (Å²) in [7, 11) is -0.879. The van der Waals surface area contributed by atoms with Gasteiger partial charge in [-0.1, -0.05) is 11.6 Å². The van der Waals surface area contributed by atoms with Gasteiger partial charge < -0.3 is 9.26 Å². The SMILES string of the molecule is CC(C)OC(=O)C1NP(C)Oc2ccc(Cl)cc21. The third kappa shape index (κ3) is 2.94. The molecule has 1 N–H and O–H groups in total. The van der Waals surface area contributed by atoms with Crippen LogP contribution in [-0.2, 0) is 9.53 Å². The molecule has 18 heavy (non-hydrogen) atoms. The van der Waals surface area contributed by atoms with Crippen molar-refractivity contribution < 1.29 is 14.1 Å². The number of rotatable bonds is 2. The molecule has 0 aromatic heterocycles. The Morgan fingerprint density at radius 1 is 1.56 bits per heavy atom. The van der Waals surface area contributed by atoms with Gasteiger partial charge in [0.05, 0.1) is 6.10 Å². The number of halogens is 1. The summed E-state index contributed by atoms with van der Waals surface area (Å²) in [6.07, 6.45) is -0.145. The van der Waals surface area contributed by atoms with E-state index in [1.54, 1.807) is 18.2 Å². The Labute approximate surface area is 112 Å². The molecule has 1 aliphatic rings. The largest absolute Gasteiger partial charge is 0.462 e. The number of benzene rings is 1. The van der Waals surface area contributed by atoms with Gasteiger partial charge in [-0.3, -0.25) is 0 Å². The van der Waals surface area contributed by atoms with E-state index in [-0.39, 0.29) is 12.1 Å². The minimum absolute atomic E-state index is 0.145. The molecule has 2 unspecified atom stereocenters. The van der Waals surface area contributed by atoms with Crippen LogP contribution in [0.25, 0.3) is 0 Å². The number of hydrogen-bond acceptors (Lipinski definition) is 4. The Kier molecular flexibility index (Phi) is 4.10. The first-order chi connectivity index (χ1) is 8.47. The highest BCUT2D eigenvalue weighted by Crippen LogP contribution is 2.44. The number of fused-ring (bicyclic) bond motifs is 1. The quantitative estimate of drug-likeness (QED) is 0.670. The van der Waals surface area contributed by atoms with E-state index in [0.29, 0.717) is 10.8 Å². The Hall–Kier alpha value is -0.830. The predicted octanol–water partition coefficient (Wildman–Crippen LogP) is 3.26. The highest BCUT2D eigenvalue weighted by molar-refractivity contribution is 7.50. The van der Waals surface area contributed by atoms with Crippen molar-refractivity contribution in [1.29, 1.82) is 0 Å². The lowest BCUT2D eigenvalue weighted by Gasteiger charge is -2.30. The van der Waals surface area contributed by atoms with Crippen molar-refractivity contribution in [3.05, 3.63) is 28.8 Å². The maximum Gasteiger partial charge on any atom is 0.328 e. The molecule has 0 saturated carbocycles.